The maximum atomic E-state index is 12.3. The number of carbonyl (C=O) groups is 1. The fourth-order valence-electron chi connectivity index (χ4n) is 3.15. The lowest BCUT2D eigenvalue weighted by Crippen LogP contribution is -2.26. The minimum Gasteiger partial charge on any atom is -0.494 e. The van der Waals surface area contributed by atoms with Gasteiger partial charge in [0.05, 0.1) is 12.7 Å². The fraction of sp³-hybridized carbons (Fsp3) is 0.526. The van der Waals surface area contributed by atoms with Crippen molar-refractivity contribution in [3.8, 4) is 5.75 Å². The SMILES string of the molecule is CCOc1ccc2cc(C(=O)NCCC[C@@H]3CCCCO3)[nH]c2c1. The molecule has 5 heteroatoms. The number of fused-ring (bicyclic) bond motifs is 1. The Labute approximate surface area is 142 Å². The van der Waals surface area contributed by atoms with Crippen LogP contribution in [0.3, 0.4) is 0 Å². The van der Waals surface area contributed by atoms with Crippen molar-refractivity contribution in [3.63, 3.8) is 0 Å². The van der Waals surface area contributed by atoms with Crippen molar-refractivity contribution in [1.29, 1.82) is 0 Å². The minimum atomic E-state index is -0.0614. The Morgan fingerprint density at radius 3 is 3.08 bits per heavy atom. The molecular weight excluding hydrogens is 304 g/mol. The molecule has 0 unspecified atom stereocenters. The van der Waals surface area contributed by atoms with Crippen LogP contribution in [0.25, 0.3) is 10.9 Å². The third-order valence-corrected chi connectivity index (χ3v) is 4.41. The minimum absolute atomic E-state index is 0.0614. The summed E-state index contributed by atoms with van der Waals surface area (Å²) in [4.78, 5) is 15.4. The van der Waals surface area contributed by atoms with Gasteiger partial charge >= 0.3 is 0 Å². The highest BCUT2D eigenvalue weighted by Gasteiger charge is 2.14. The first-order chi connectivity index (χ1) is 11.8. The first kappa shape index (κ1) is 16.8. The van der Waals surface area contributed by atoms with E-state index in [0.29, 0.717) is 24.9 Å². The van der Waals surface area contributed by atoms with Crippen molar-refractivity contribution < 1.29 is 14.3 Å². The predicted molar refractivity (Wildman–Crippen MR) is 94.6 cm³/mol. The summed E-state index contributed by atoms with van der Waals surface area (Å²) in [6.45, 7) is 4.15. The summed E-state index contributed by atoms with van der Waals surface area (Å²) in [5.74, 6) is 0.750. The van der Waals surface area contributed by atoms with Crippen molar-refractivity contribution in [1.82, 2.24) is 10.3 Å². The summed E-state index contributed by atoms with van der Waals surface area (Å²) in [5, 5.41) is 4.00. The Kier molecular flexibility index (Phi) is 5.75. The van der Waals surface area contributed by atoms with Crippen LogP contribution in [0.2, 0.25) is 0 Å². The number of amides is 1. The third kappa shape index (κ3) is 4.29. The topological polar surface area (TPSA) is 63.4 Å². The Morgan fingerprint density at radius 1 is 1.38 bits per heavy atom. The number of aromatic amines is 1. The Morgan fingerprint density at radius 2 is 2.29 bits per heavy atom. The second-order valence-electron chi connectivity index (χ2n) is 6.25. The summed E-state index contributed by atoms with van der Waals surface area (Å²) in [6, 6.07) is 7.69. The van der Waals surface area contributed by atoms with Crippen molar-refractivity contribution in [3.05, 3.63) is 30.0 Å². The van der Waals surface area contributed by atoms with Crippen LogP contribution in [-0.4, -0.2) is 36.8 Å². The van der Waals surface area contributed by atoms with Gasteiger partial charge in [0, 0.05) is 30.1 Å². The molecule has 1 aliphatic rings. The van der Waals surface area contributed by atoms with E-state index in [1.807, 2.05) is 31.2 Å². The third-order valence-electron chi connectivity index (χ3n) is 4.41. The second-order valence-corrected chi connectivity index (χ2v) is 6.25. The molecule has 1 saturated heterocycles. The highest BCUT2D eigenvalue weighted by Crippen LogP contribution is 2.21. The average molecular weight is 330 g/mol. The molecule has 0 radical (unpaired) electrons. The first-order valence-corrected chi connectivity index (χ1v) is 8.91. The van der Waals surface area contributed by atoms with Crippen LogP contribution in [0, 0.1) is 0 Å². The van der Waals surface area contributed by atoms with E-state index >= 15 is 0 Å². The number of hydrogen-bond acceptors (Lipinski definition) is 3. The zero-order chi connectivity index (χ0) is 16.8. The molecule has 0 aliphatic carbocycles. The molecule has 1 amide bonds. The standard InChI is InChI=1S/C19H26N2O3/c1-2-23-16-9-8-14-12-18(21-17(14)13-16)19(22)20-10-5-7-15-6-3-4-11-24-15/h8-9,12-13,15,21H,2-7,10-11H2,1H3,(H,20,22)/t15-/m0/s1. The van der Waals surface area contributed by atoms with Crippen LogP contribution in [-0.2, 0) is 4.74 Å². The molecule has 2 heterocycles. The molecule has 0 spiro atoms. The zero-order valence-electron chi connectivity index (χ0n) is 14.3. The number of nitrogens with one attached hydrogen (secondary N) is 2. The number of hydrogen-bond donors (Lipinski definition) is 2. The van der Waals surface area contributed by atoms with Gasteiger partial charge in [0.1, 0.15) is 11.4 Å². The second kappa shape index (κ2) is 8.20. The Bertz CT molecular complexity index is 674. The molecule has 2 N–H and O–H groups in total. The van der Waals surface area contributed by atoms with E-state index in [1.165, 1.54) is 12.8 Å². The van der Waals surface area contributed by atoms with E-state index in [4.69, 9.17) is 9.47 Å². The summed E-state index contributed by atoms with van der Waals surface area (Å²) in [5.41, 5.74) is 1.51. The van der Waals surface area contributed by atoms with Crippen LogP contribution < -0.4 is 10.1 Å². The quantitative estimate of drug-likeness (QED) is 0.762. The Balaban J connectivity index is 1.50. The highest BCUT2D eigenvalue weighted by atomic mass is 16.5. The first-order valence-electron chi connectivity index (χ1n) is 8.91. The summed E-state index contributed by atoms with van der Waals surface area (Å²) < 4.78 is 11.2. The van der Waals surface area contributed by atoms with Crippen LogP contribution in [0.5, 0.6) is 5.75 Å². The molecule has 5 nitrogen and oxygen atoms in total. The zero-order valence-corrected chi connectivity index (χ0v) is 14.3. The van der Waals surface area contributed by atoms with Gasteiger partial charge in [0.25, 0.3) is 5.91 Å². The van der Waals surface area contributed by atoms with E-state index in [9.17, 15) is 4.79 Å². The molecule has 1 fully saturated rings. The lowest BCUT2D eigenvalue weighted by atomic mass is 10.0. The summed E-state index contributed by atoms with van der Waals surface area (Å²) >= 11 is 0. The van der Waals surface area contributed by atoms with Gasteiger partial charge in [-0.05, 0) is 57.2 Å². The van der Waals surface area contributed by atoms with Crippen molar-refractivity contribution in [2.75, 3.05) is 19.8 Å². The number of ether oxygens (including phenoxy) is 2. The lowest BCUT2D eigenvalue weighted by Gasteiger charge is -2.22. The molecule has 24 heavy (non-hydrogen) atoms. The van der Waals surface area contributed by atoms with Crippen molar-refractivity contribution in [2.45, 2.75) is 45.1 Å². The van der Waals surface area contributed by atoms with Gasteiger partial charge in [-0.15, -0.1) is 0 Å². The monoisotopic (exact) mass is 330 g/mol. The maximum Gasteiger partial charge on any atom is 0.267 e. The molecule has 1 atom stereocenters. The van der Waals surface area contributed by atoms with E-state index in [1.54, 1.807) is 0 Å². The molecule has 0 bridgehead atoms. The summed E-state index contributed by atoms with van der Waals surface area (Å²) in [6.07, 6.45) is 5.93. The number of carbonyl (C=O) groups excluding carboxylic acids is 1. The molecule has 0 saturated carbocycles. The van der Waals surface area contributed by atoms with Crippen LogP contribution in [0.1, 0.15) is 49.5 Å². The molecule has 1 aromatic heterocycles. The van der Waals surface area contributed by atoms with E-state index in [0.717, 1.165) is 42.5 Å². The van der Waals surface area contributed by atoms with E-state index in [-0.39, 0.29) is 5.91 Å². The summed E-state index contributed by atoms with van der Waals surface area (Å²) in [7, 11) is 0. The van der Waals surface area contributed by atoms with E-state index in [2.05, 4.69) is 10.3 Å². The fourth-order valence-corrected chi connectivity index (χ4v) is 3.15. The molecular formula is C19H26N2O3. The van der Waals surface area contributed by atoms with Crippen molar-refractivity contribution >= 4 is 16.8 Å². The maximum absolute atomic E-state index is 12.3. The van der Waals surface area contributed by atoms with Gasteiger partial charge in [0.2, 0.25) is 0 Å². The lowest BCUT2D eigenvalue weighted by molar-refractivity contribution is 0.0102. The van der Waals surface area contributed by atoms with Crippen molar-refractivity contribution in [2.24, 2.45) is 0 Å². The van der Waals surface area contributed by atoms with Gasteiger partial charge in [-0.3, -0.25) is 4.79 Å². The number of benzene rings is 1. The van der Waals surface area contributed by atoms with Crippen LogP contribution in [0.4, 0.5) is 0 Å². The normalized spacial score (nSPS) is 17.8. The Hall–Kier alpha value is -2.01. The number of rotatable bonds is 7. The van der Waals surface area contributed by atoms with Gasteiger partial charge in [-0.25, -0.2) is 0 Å². The molecule has 3 rings (SSSR count). The molecule has 1 aliphatic heterocycles. The van der Waals surface area contributed by atoms with Gasteiger partial charge in [-0.1, -0.05) is 0 Å². The van der Waals surface area contributed by atoms with Gasteiger partial charge in [-0.2, -0.15) is 0 Å². The number of aromatic nitrogens is 1. The van der Waals surface area contributed by atoms with Crippen LogP contribution >= 0.6 is 0 Å². The molecule has 1 aromatic carbocycles. The smallest absolute Gasteiger partial charge is 0.267 e. The van der Waals surface area contributed by atoms with Gasteiger partial charge in [0.15, 0.2) is 0 Å². The van der Waals surface area contributed by atoms with E-state index < -0.39 is 0 Å². The van der Waals surface area contributed by atoms with Gasteiger partial charge < -0.3 is 19.8 Å². The van der Waals surface area contributed by atoms with Crippen LogP contribution in [0.15, 0.2) is 24.3 Å². The predicted octanol–water partition coefficient (Wildman–Crippen LogP) is 3.65. The highest BCUT2D eigenvalue weighted by molar-refractivity contribution is 5.98. The average Bonchev–Trinajstić information content (AvgIpc) is 3.03. The largest absolute Gasteiger partial charge is 0.494 e. The number of H-pyrrole nitrogens is 1. The molecule has 130 valence electrons. The molecule has 2 aromatic rings.